The van der Waals surface area contributed by atoms with Crippen molar-refractivity contribution < 1.29 is 28.3 Å². The summed E-state index contributed by atoms with van der Waals surface area (Å²) in [4.78, 5) is 39.6. The third-order valence-electron chi connectivity index (χ3n) is 7.21. The molecule has 0 saturated carbocycles. The van der Waals surface area contributed by atoms with E-state index in [4.69, 9.17) is 0 Å². The van der Waals surface area contributed by atoms with E-state index in [-0.39, 0.29) is 23.4 Å². The van der Waals surface area contributed by atoms with Gasteiger partial charge in [0.15, 0.2) is 6.10 Å². The second kappa shape index (κ2) is 11.7. The molecular formula is C30H31F2N3O4. The molecule has 0 aliphatic carbocycles. The number of aliphatic hydroxyl groups excluding tert-OH is 1. The lowest BCUT2D eigenvalue weighted by atomic mass is 9.77. The van der Waals surface area contributed by atoms with Crippen LogP contribution < -0.4 is 16.0 Å². The summed E-state index contributed by atoms with van der Waals surface area (Å²) >= 11 is 0. The molecular weight excluding hydrogens is 504 g/mol. The first-order chi connectivity index (χ1) is 18.6. The number of halogens is 2. The lowest BCUT2D eigenvalue weighted by Crippen LogP contribution is -2.62. The highest BCUT2D eigenvalue weighted by atomic mass is 19.1. The molecule has 3 amide bonds. The quantitative estimate of drug-likeness (QED) is 0.369. The Kier molecular flexibility index (Phi) is 8.40. The van der Waals surface area contributed by atoms with E-state index in [1.807, 2.05) is 60.7 Å². The Morgan fingerprint density at radius 3 is 2.08 bits per heavy atom. The van der Waals surface area contributed by atoms with Crippen LogP contribution in [0.1, 0.15) is 61.4 Å². The van der Waals surface area contributed by atoms with Gasteiger partial charge < -0.3 is 21.1 Å². The monoisotopic (exact) mass is 535 g/mol. The van der Waals surface area contributed by atoms with Crippen molar-refractivity contribution >= 4 is 17.7 Å². The minimum absolute atomic E-state index is 0.248. The highest BCUT2D eigenvalue weighted by molar-refractivity contribution is 5.95. The van der Waals surface area contributed by atoms with Gasteiger partial charge in [-0.25, -0.2) is 8.78 Å². The molecule has 3 aromatic carbocycles. The van der Waals surface area contributed by atoms with Crippen LogP contribution in [0.2, 0.25) is 0 Å². The maximum Gasteiger partial charge on any atom is 0.254 e. The van der Waals surface area contributed by atoms with E-state index >= 15 is 0 Å². The van der Waals surface area contributed by atoms with Gasteiger partial charge in [0.1, 0.15) is 23.2 Å². The molecule has 0 radical (unpaired) electrons. The second-order valence-corrected chi connectivity index (χ2v) is 10.0. The van der Waals surface area contributed by atoms with Crippen LogP contribution in [0, 0.1) is 11.6 Å². The molecule has 5 atom stereocenters. The van der Waals surface area contributed by atoms with Crippen LogP contribution in [0.4, 0.5) is 8.78 Å². The van der Waals surface area contributed by atoms with Crippen LogP contribution in [0.5, 0.6) is 0 Å². The van der Waals surface area contributed by atoms with Crippen molar-refractivity contribution in [1.29, 1.82) is 0 Å². The molecule has 0 spiro atoms. The van der Waals surface area contributed by atoms with Crippen molar-refractivity contribution in [3.05, 3.63) is 107 Å². The fourth-order valence-corrected chi connectivity index (χ4v) is 5.03. The predicted molar refractivity (Wildman–Crippen MR) is 141 cm³/mol. The summed E-state index contributed by atoms with van der Waals surface area (Å²) in [5, 5.41) is 18.6. The summed E-state index contributed by atoms with van der Waals surface area (Å²) < 4.78 is 27.1. The molecule has 4 N–H and O–H groups in total. The van der Waals surface area contributed by atoms with E-state index in [1.54, 1.807) is 6.92 Å². The maximum absolute atomic E-state index is 13.7. The largest absolute Gasteiger partial charge is 0.378 e. The number of carbonyl (C=O) groups is 3. The lowest BCUT2D eigenvalue weighted by molar-refractivity contribution is -0.137. The van der Waals surface area contributed by atoms with Gasteiger partial charge in [0.25, 0.3) is 5.91 Å². The van der Waals surface area contributed by atoms with E-state index in [0.717, 1.165) is 23.3 Å². The topological polar surface area (TPSA) is 108 Å². The molecule has 4 rings (SSSR count). The molecule has 204 valence electrons. The fraction of sp³-hybridized carbons (Fsp3) is 0.300. The third kappa shape index (κ3) is 6.31. The Labute approximate surface area is 225 Å². The zero-order valence-corrected chi connectivity index (χ0v) is 21.7. The van der Waals surface area contributed by atoms with Gasteiger partial charge in [0.05, 0.1) is 6.04 Å². The summed E-state index contributed by atoms with van der Waals surface area (Å²) in [5.41, 5.74) is 0.176. The SMILES string of the molecule is C[C@H](NC(=O)[C@@H](O)c1cc(F)cc(F)c1)C(=O)N[C@]1(C)C(=O)N[C@@H](c2ccccc2)CC[C@@H]1c1ccccc1. The van der Waals surface area contributed by atoms with E-state index in [2.05, 4.69) is 16.0 Å². The number of nitrogens with one attached hydrogen (secondary N) is 3. The van der Waals surface area contributed by atoms with Crippen LogP contribution in [0.25, 0.3) is 0 Å². The smallest absolute Gasteiger partial charge is 0.254 e. The van der Waals surface area contributed by atoms with Gasteiger partial charge in [-0.15, -0.1) is 0 Å². The molecule has 1 heterocycles. The zero-order valence-electron chi connectivity index (χ0n) is 21.7. The van der Waals surface area contributed by atoms with E-state index in [1.165, 1.54) is 6.92 Å². The van der Waals surface area contributed by atoms with Gasteiger partial charge in [0.2, 0.25) is 11.8 Å². The molecule has 1 fully saturated rings. The predicted octanol–water partition coefficient (Wildman–Crippen LogP) is 3.81. The number of hydrogen-bond acceptors (Lipinski definition) is 4. The lowest BCUT2D eigenvalue weighted by Gasteiger charge is -2.36. The molecule has 0 aromatic heterocycles. The average molecular weight is 536 g/mol. The number of hydrogen-bond donors (Lipinski definition) is 4. The molecule has 7 nitrogen and oxygen atoms in total. The van der Waals surface area contributed by atoms with Crippen molar-refractivity contribution in [2.75, 3.05) is 0 Å². The zero-order chi connectivity index (χ0) is 28.2. The van der Waals surface area contributed by atoms with Gasteiger partial charge in [-0.1, -0.05) is 60.7 Å². The second-order valence-electron chi connectivity index (χ2n) is 10.0. The Morgan fingerprint density at radius 1 is 0.923 bits per heavy atom. The van der Waals surface area contributed by atoms with Gasteiger partial charge in [-0.3, -0.25) is 14.4 Å². The molecule has 1 aliphatic heterocycles. The number of rotatable bonds is 7. The maximum atomic E-state index is 13.7. The van der Waals surface area contributed by atoms with Gasteiger partial charge in [-0.05, 0) is 55.5 Å². The van der Waals surface area contributed by atoms with Crippen molar-refractivity contribution in [3.8, 4) is 0 Å². The van der Waals surface area contributed by atoms with Crippen LogP contribution >= 0.6 is 0 Å². The van der Waals surface area contributed by atoms with Crippen molar-refractivity contribution in [2.24, 2.45) is 0 Å². The Balaban J connectivity index is 1.54. The molecule has 9 heteroatoms. The van der Waals surface area contributed by atoms with Gasteiger partial charge >= 0.3 is 0 Å². The first-order valence-electron chi connectivity index (χ1n) is 12.8. The number of carbonyl (C=O) groups excluding carboxylic acids is 3. The molecule has 3 aromatic rings. The highest BCUT2D eigenvalue weighted by Gasteiger charge is 2.46. The first-order valence-corrected chi connectivity index (χ1v) is 12.8. The van der Waals surface area contributed by atoms with Crippen molar-refractivity contribution in [2.45, 2.75) is 56.3 Å². The number of aliphatic hydroxyl groups is 1. The summed E-state index contributed by atoms with van der Waals surface area (Å²) in [6.45, 7) is 3.05. The summed E-state index contributed by atoms with van der Waals surface area (Å²) in [6.07, 6.45) is -0.668. The minimum atomic E-state index is -1.90. The third-order valence-corrected chi connectivity index (χ3v) is 7.21. The summed E-state index contributed by atoms with van der Waals surface area (Å²) in [6, 6.07) is 19.9. The fourth-order valence-electron chi connectivity index (χ4n) is 5.03. The summed E-state index contributed by atoms with van der Waals surface area (Å²) in [7, 11) is 0. The molecule has 1 aliphatic rings. The molecule has 0 unspecified atom stereocenters. The highest BCUT2D eigenvalue weighted by Crippen LogP contribution is 2.38. The normalized spacial score (nSPS) is 22.6. The average Bonchev–Trinajstić information content (AvgIpc) is 3.04. The summed E-state index contributed by atoms with van der Waals surface area (Å²) in [5.74, 6) is -4.31. The Bertz CT molecular complexity index is 1320. The molecule has 0 bridgehead atoms. The van der Waals surface area contributed by atoms with Crippen LogP contribution in [-0.4, -0.2) is 34.4 Å². The Morgan fingerprint density at radius 2 is 1.49 bits per heavy atom. The molecule has 39 heavy (non-hydrogen) atoms. The van der Waals surface area contributed by atoms with Gasteiger partial charge in [0, 0.05) is 12.0 Å². The minimum Gasteiger partial charge on any atom is -0.378 e. The van der Waals surface area contributed by atoms with Crippen molar-refractivity contribution in [3.63, 3.8) is 0 Å². The molecule has 1 saturated heterocycles. The van der Waals surface area contributed by atoms with Crippen LogP contribution in [0.15, 0.2) is 78.9 Å². The Hall–Kier alpha value is -4.11. The number of benzene rings is 3. The van der Waals surface area contributed by atoms with E-state index in [9.17, 15) is 28.3 Å². The van der Waals surface area contributed by atoms with E-state index in [0.29, 0.717) is 18.9 Å². The van der Waals surface area contributed by atoms with Gasteiger partial charge in [-0.2, -0.15) is 0 Å². The van der Waals surface area contributed by atoms with Crippen LogP contribution in [0.3, 0.4) is 0 Å². The first kappa shape index (κ1) is 27.9. The number of amides is 3. The van der Waals surface area contributed by atoms with Crippen LogP contribution in [-0.2, 0) is 14.4 Å². The standard InChI is InChI=1S/C30H31F2N3O4/c1-18(33-28(38)26(36)21-15-22(31)17-23(32)16-21)27(37)35-30(2)24(19-9-5-3-6-10-19)13-14-25(34-29(30)39)20-11-7-4-8-12-20/h3-12,15-18,24-26,36H,13-14H2,1-2H3,(H,33,38)(H,34,39)(H,35,37)/t18-,24+,25+,26-,30-/m0/s1. The van der Waals surface area contributed by atoms with E-state index < -0.39 is 41.1 Å². The van der Waals surface area contributed by atoms with Crippen molar-refractivity contribution in [1.82, 2.24) is 16.0 Å².